The number of hydrogen-bond acceptors (Lipinski definition) is 3. The summed E-state index contributed by atoms with van der Waals surface area (Å²) >= 11 is 1.85. The van der Waals surface area contributed by atoms with Gasteiger partial charge in [-0.05, 0) is 50.9 Å². The summed E-state index contributed by atoms with van der Waals surface area (Å²) in [5.74, 6) is 0.966. The Hall–Kier alpha value is -1.23. The highest BCUT2D eigenvalue weighted by Crippen LogP contribution is 2.36. The fourth-order valence-electron chi connectivity index (χ4n) is 2.43. The number of hydrogen-bond donors (Lipinski definition) is 0. The second-order valence-electron chi connectivity index (χ2n) is 6.93. The first-order valence-electron chi connectivity index (χ1n) is 8.00. The first-order chi connectivity index (χ1) is 10.9. The molecule has 0 aromatic heterocycles. The van der Waals surface area contributed by atoms with Crippen LogP contribution < -0.4 is 5.46 Å². The summed E-state index contributed by atoms with van der Waals surface area (Å²) in [4.78, 5) is 1.29. The van der Waals surface area contributed by atoms with E-state index in [2.05, 4.69) is 76.2 Å². The summed E-state index contributed by atoms with van der Waals surface area (Å²) in [6.07, 6.45) is 0. The Labute approximate surface area is 143 Å². The van der Waals surface area contributed by atoms with Crippen LogP contribution in [0.2, 0.25) is 0 Å². The van der Waals surface area contributed by atoms with Crippen LogP contribution in [-0.2, 0) is 15.1 Å². The van der Waals surface area contributed by atoms with Crippen molar-refractivity contribution in [1.29, 1.82) is 0 Å². The van der Waals surface area contributed by atoms with Crippen molar-refractivity contribution < 1.29 is 9.31 Å². The predicted molar refractivity (Wildman–Crippen MR) is 98.2 cm³/mol. The minimum atomic E-state index is -0.292. The molecule has 1 aliphatic heterocycles. The standard InChI is InChI=1S/C19H23BO2S/c1-18(2)19(3,4)22-20(21-18)16-12-10-15(11-13-16)14-23-17-8-6-5-7-9-17/h5-13H,14H2,1-4H3. The minimum Gasteiger partial charge on any atom is -0.399 e. The Balaban J connectivity index is 1.64. The van der Waals surface area contributed by atoms with Gasteiger partial charge in [0.15, 0.2) is 0 Å². The molecule has 2 nitrogen and oxygen atoms in total. The van der Waals surface area contributed by atoms with Gasteiger partial charge in [0.2, 0.25) is 0 Å². The second-order valence-corrected chi connectivity index (χ2v) is 7.98. The van der Waals surface area contributed by atoms with Crippen LogP contribution >= 0.6 is 11.8 Å². The van der Waals surface area contributed by atoms with Crippen molar-refractivity contribution in [2.75, 3.05) is 0 Å². The van der Waals surface area contributed by atoms with Crippen LogP contribution in [0.3, 0.4) is 0 Å². The van der Waals surface area contributed by atoms with Crippen molar-refractivity contribution >= 4 is 24.3 Å². The quantitative estimate of drug-likeness (QED) is 0.617. The fourth-order valence-corrected chi connectivity index (χ4v) is 3.31. The lowest BCUT2D eigenvalue weighted by Gasteiger charge is -2.32. The normalized spacial score (nSPS) is 19.0. The lowest BCUT2D eigenvalue weighted by atomic mass is 9.79. The zero-order chi connectivity index (χ0) is 16.5. The maximum Gasteiger partial charge on any atom is 0.494 e. The van der Waals surface area contributed by atoms with E-state index in [1.165, 1.54) is 10.5 Å². The van der Waals surface area contributed by atoms with Crippen LogP contribution in [0.5, 0.6) is 0 Å². The fraction of sp³-hybridized carbons (Fsp3) is 0.368. The molecule has 0 amide bonds. The molecule has 120 valence electrons. The molecule has 0 aliphatic carbocycles. The van der Waals surface area contributed by atoms with Crippen LogP contribution in [0.4, 0.5) is 0 Å². The molecule has 2 aromatic carbocycles. The average Bonchev–Trinajstić information content (AvgIpc) is 2.75. The van der Waals surface area contributed by atoms with Gasteiger partial charge in [0.1, 0.15) is 0 Å². The van der Waals surface area contributed by atoms with Gasteiger partial charge in [0.25, 0.3) is 0 Å². The van der Waals surface area contributed by atoms with Crippen LogP contribution in [0, 0.1) is 0 Å². The monoisotopic (exact) mass is 326 g/mol. The molecule has 0 N–H and O–H groups in total. The molecular formula is C19H23BO2S. The maximum atomic E-state index is 6.09. The van der Waals surface area contributed by atoms with Crippen molar-refractivity contribution in [2.45, 2.75) is 49.5 Å². The van der Waals surface area contributed by atoms with Gasteiger partial charge in [-0.1, -0.05) is 42.5 Å². The first kappa shape index (κ1) is 16.6. The van der Waals surface area contributed by atoms with E-state index in [0.29, 0.717) is 0 Å². The number of thioether (sulfide) groups is 1. The summed E-state index contributed by atoms with van der Waals surface area (Å²) in [5, 5.41) is 0. The van der Waals surface area contributed by atoms with Gasteiger partial charge in [-0.15, -0.1) is 11.8 Å². The zero-order valence-corrected chi connectivity index (χ0v) is 15.0. The van der Waals surface area contributed by atoms with E-state index in [1.54, 1.807) is 0 Å². The molecule has 23 heavy (non-hydrogen) atoms. The van der Waals surface area contributed by atoms with Crippen LogP contribution in [0.25, 0.3) is 0 Å². The van der Waals surface area contributed by atoms with Gasteiger partial charge in [-0.3, -0.25) is 0 Å². The number of benzene rings is 2. The van der Waals surface area contributed by atoms with Gasteiger partial charge < -0.3 is 9.31 Å². The third kappa shape index (κ3) is 3.65. The highest BCUT2D eigenvalue weighted by molar-refractivity contribution is 7.98. The maximum absolute atomic E-state index is 6.09. The molecule has 0 unspecified atom stereocenters. The lowest BCUT2D eigenvalue weighted by molar-refractivity contribution is 0.00578. The molecule has 0 bridgehead atoms. The SMILES string of the molecule is CC1(C)OB(c2ccc(CSc3ccccc3)cc2)OC1(C)C. The average molecular weight is 326 g/mol. The lowest BCUT2D eigenvalue weighted by Crippen LogP contribution is -2.41. The molecule has 1 fully saturated rings. The Kier molecular flexibility index (Phi) is 4.59. The molecular weight excluding hydrogens is 303 g/mol. The summed E-state index contributed by atoms with van der Waals surface area (Å²) in [6.45, 7) is 8.32. The van der Waals surface area contributed by atoms with Crippen LogP contribution in [0.15, 0.2) is 59.5 Å². The third-order valence-corrected chi connectivity index (χ3v) is 5.74. The second kappa shape index (κ2) is 6.35. The van der Waals surface area contributed by atoms with Crippen molar-refractivity contribution in [1.82, 2.24) is 0 Å². The largest absolute Gasteiger partial charge is 0.494 e. The number of rotatable bonds is 4. The van der Waals surface area contributed by atoms with E-state index in [1.807, 2.05) is 17.8 Å². The Morgan fingerprint density at radius 1 is 0.826 bits per heavy atom. The molecule has 1 aliphatic rings. The van der Waals surface area contributed by atoms with Gasteiger partial charge in [-0.25, -0.2) is 0 Å². The summed E-state index contributed by atoms with van der Waals surface area (Å²) in [6, 6.07) is 19.0. The van der Waals surface area contributed by atoms with Gasteiger partial charge in [-0.2, -0.15) is 0 Å². The molecule has 3 rings (SSSR count). The van der Waals surface area contributed by atoms with Gasteiger partial charge >= 0.3 is 7.12 Å². The van der Waals surface area contributed by atoms with E-state index in [-0.39, 0.29) is 18.3 Å². The van der Waals surface area contributed by atoms with Crippen molar-refractivity contribution in [3.8, 4) is 0 Å². The highest BCUT2D eigenvalue weighted by atomic mass is 32.2. The van der Waals surface area contributed by atoms with Crippen LogP contribution in [-0.4, -0.2) is 18.3 Å². The summed E-state index contributed by atoms with van der Waals surface area (Å²) < 4.78 is 12.2. The Morgan fingerprint density at radius 2 is 1.39 bits per heavy atom. The smallest absolute Gasteiger partial charge is 0.399 e. The molecule has 1 saturated heterocycles. The van der Waals surface area contributed by atoms with Crippen molar-refractivity contribution in [3.63, 3.8) is 0 Å². The molecule has 4 heteroatoms. The minimum absolute atomic E-state index is 0.282. The van der Waals surface area contributed by atoms with E-state index >= 15 is 0 Å². The predicted octanol–water partition coefficient (Wildman–Crippen LogP) is 4.28. The summed E-state index contributed by atoms with van der Waals surface area (Å²) in [5.41, 5.74) is 1.80. The van der Waals surface area contributed by atoms with E-state index in [9.17, 15) is 0 Å². The van der Waals surface area contributed by atoms with E-state index < -0.39 is 0 Å². The topological polar surface area (TPSA) is 18.5 Å². The van der Waals surface area contributed by atoms with Crippen LogP contribution in [0.1, 0.15) is 33.3 Å². The van der Waals surface area contributed by atoms with E-state index in [4.69, 9.17) is 9.31 Å². The van der Waals surface area contributed by atoms with Crippen molar-refractivity contribution in [3.05, 3.63) is 60.2 Å². The highest BCUT2D eigenvalue weighted by Gasteiger charge is 2.51. The molecule has 2 aromatic rings. The first-order valence-corrected chi connectivity index (χ1v) is 8.98. The van der Waals surface area contributed by atoms with Gasteiger partial charge in [0, 0.05) is 10.6 Å². The molecule has 0 radical (unpaired) electrons. The van der Waals surface area contributed by atoms with Gasteiger partial charge in [0.05, 0.1) is 11.2 Å². The summed E-state index contributed by atoms with van der Waals surface area (Å²) in [7, 11) is -0.282. The molecule has 0 atom stereocenters. The third-order valence-electron chi connectivity index (χ3n) is 4.65. The molecule has 0 saturated carbocycles. The Bertz CT molecular complexity index is 637. The van der Waals surface area contributed by atoms with E-state index in [0.717, 1.165) is 11.2 Å². The molecule has 1 heterocycles. The Morgan fingerprint density at radius 3 is 1.96 bits per heavy atom. The zero-order valence-electron chi connectivity index (χ0n) is 14.2. The van der Waals surface area contributed by atoms with Crippen molar-refractivity contribution in [2.24, 2.45) is 0 Å². The molecule has 0 spiro atoms.